The maximum Gasteiger partial charge on any atom is 0.0565 e. The molecule has 0 amide bonds. The van der Waals surface area contributed by atoms with Gasteiger partial charge in [-0.1, -0.05) is 48.5 Å². The summed E-state index contributed by atoms with van der Waals surface area (Å²) < 4.78 is 0. The van der Waals surface area contributed by atoms with Gasteiger partial charge in [0.05, 0.1) is 12.1 Å². The van der Waals surface area contributed by atoms with Crippen molar-refractivity contribution in [1.82, 2.24) is 4.90 Å². The topological polar surface area (TPSA) is 3.01 Å². The Hall–Kier alpha value is -1.60. The Morgan fingerprint density at radius 2 is 1.61 bits per heavy atom. The third kappa shape index (κ3) is 0.842. The third-order valence-electron chi connectivity index (χ3n) is 5.15. The normalized spacial score (nSPS) is 37.7. The molecule has 0 aromatic heterocycles. The molecular formula is C17H15N. The van der Waals surface area contributed by atoms with Crippen molar-refractivity contribution in [3.63, 3.8) is 0 Å². The van der Waals surface area contributed by atoms with Gasteiger partial charge < -0.3 is 0 Å². The molecule has 3 aliphatic heterocycles. The van der Waals surface area contributed by atoms with Gasteiger partial charge in [-0.25, -0.2) is 0 Å². The van der Waals surface area contributed by atoms with Crippen molar-refractivity contribution < 1.29 is 0 Å². The van der Waals surface area contributed by atoms with Crippen molar-refractivity contribution >= 4 is 0 Å². The largest absolute Gasteiger partial charge is 0.276 e. The monoisotopic (exact) mass is 233 g/mol. The molecule has 5 rings (SSSR count). The van der Waals surface area contributed by atoms with E-state index in [-0.39, 0.29) is 5.54 Å². The molecule has 1 heteroatoms. The van der Waals surface area contributed by atoms with Crippen molar-refractivity contribution in [1.29, 1.82) is 0 Å². The van der Waals surface area contributed by atoms with Gasteiger partial charge in [-0.2, -0.15) is 0 Å². The van der Waals surface area contributed by atoms with Crippen LogP contribution in [0.25, 0.3) is 0 Å². The minimum Gasteiger partial charge on any atom is -0.276 e. The van der Waals surface area contributed by atoms with Crippen LogP contribution < -0.4 is 0 Å². The van der Waals surface area contributed by atoms with Gasteiger partial charge in [-0.15, -0.1) is 0 Å². The summed E-state index contributed by atoms with van der Waals surface area (Å²) in [5.41, 5.74) is 6.48. The second kappa shape index (κ2) is 2.70. The molecule has 0 aliphatic carbocycles. The van der Waals surface area contributed by atoms with Crippen LogP contribution in [-0.2, 0) is 12.0 Å². The van der Waals surface area contributed by atoms with Crippen LogP contribution in [0.5, 0.6) is 0 Å². The second-order valence-corrected chi connectivity index (χ2v) is 6.03. The molecule has 0 saturated carbocycles. The highest BCUT2D eigenvalue weighted by Gasteiger charge is 2.66. The first kappa shape index (κ1) is 9.35. The van der Waals surface area contributed by atoms with Crippen molar-refractivity contribution in [3.05, 3.63) is 70.8 Å². The summed E-state index contributed by atoms with van der Waals surface area (Å²) >= 11 is 0. The smallest absolute Gasteiger partial charge is 0.0565 e. The number of benzene rings is 2. The van der Waals surface area contributed by atoms with Crippen LogP contribution in [-0.4, -0.2) is 4.90 Å². The molecule has 0 N–H and O–H groups in total. The fourth-order valence-electron chi connectivity index (χ4n) is 4.41. The minimum absolute atomic E-state index is 0.236. The zero-order valence-electron chi connectivity index (χ0n) is 10.4. The van der Waals surface area contributed by atoms with Crippen LogP contribution in [0.4, 0.5) is 0 Å². The molecule has 2 aromatic carbocycles. The Morgan fingerprint density at radius 1 is 0.944 bits per heavy atom. The minimum atomic E-state index is 0.236. The summed E-state index contributed by atoms with van der Waals surface area (Å²) in [6, 6.07) is 19.3. The van der Waals surface area contributed by atoms with Crippen molar-refractivity contribution in [2.45, 2.75) is 31.0 Å². The van der Waals surface area contributed by atoms with Gasteiger partial charge in [-0.05, 0) is 35.6 Å². The van der Waals surface area contributed by atoms with E-state index in [0.717, 1.165) is 6.42 Å². The molecule has 3 heterocycles. The molecule has 1 fully saturated rings. The van der Waals surface area contributed by atoms with Crippen LogP contribution in [0.2, 0.25) is 0 Å². The van der Waals surface area contributed by atoms with E-state index in [1.807, 2.05) is 0 Å². The van der Waals surface area contributed by atoms with Gasteiger partial charge in [0.2, 0.25) is 0 Å². The summed E-state index contributed by atoms with van der Waals surface area (Å²) in [4.78, 5) is 2.71. The van der Waals surface area contributed by atoms with Crippen LogP contribution >= 0.6 is 0 Å². The molecule has 0 radical (unpaired) electrons. The zero-order chi connectivity index (χ0) is 11.9. The number of rotatable bonds is 0. The molecule has 1 nitrogen and oxygen atoms in total. The maximum absolute atomic E-state index is 2.71. The molecule has 18 heavy (non-hydrogen) atoms. The number of fused-ring (bicyclic) bond motifs is 6. The van der Waals surface area contributed by atoms with Crippen LogP contribution in [0.3, 0.4) is 0 Å². The molecular weight excluding hydrogens is 218 g/mol. The van der Waals surface area contributed by atoms with Gasteiger partial charge in [-0.3, -0.25) is 4.90 Å². The predicted molar refractivity (Wildman–Crippen MR) is 71.3 cm³/mol. The molecule has 1 unspecified atom stereocenters. The zero-order valence-corrected chi connectivity index (χ0v) is 10.4. The summed E-state index contributed by atoms with van der Waals surface area (Å²) in [5, 5.41) is 0. The quantitative estimate of drug-likeness (QED) is 0.629. The lowest BCUT2D eigenvalue weighted by Crippen LogP contribution is -2.35. The van der Waals surface area contributed by atoms with E-state index in [0.29, 0.717) is 12.1 Å². The molecule has 3 aliphatic rings. The average Bonchev–Trinajstić information content (AvgIpc) is 3.09. The van der Waals surface area contributed by atoms with Crippen molar-refractivity contribution in [2.24, 2.45) is 0 Å². The van der Waals surface area contributed by atoms with Gasteiger partial charge in [0, 0.05) is 5.54 Å². The summed E-state index contributed by atoms with van der Waals surface area (Å²) in [7, 11) is 0. The Balaban J connectivity index is 1.79. The lowest BCUT2D eigenvalue weighted by atomic mass is 9.78. The Morgan fingerprint density at radius 3 is 2.50 bits per heavy atom. The van der Waals surface area contributed by atoms with E-state index in [4.69, 9.17) is 0 Å². The van der Waals surface area contributed by atoms with Gasteiger partial charge in [0.25, 0.3) is 0 Å². The fraction of sp³-hybridized carbons (Fsp3) is 0.294. The van der Waals surface area contributed by atoms with Crippen LogP contribution in [0.15, 0.2) is 48.5 Å². The highest BCUT2D eigenvalue weighted by Crippen LogP contribution is 2.70. The Bertz CT molecular complexity index is 675. The molecule has 2 aromatic rings. The van der Waals surface area contributed by atoms with Crippen molar-refractivity contribution in [2.75, 3.05) is 0 Å². The van der Waals surface area contributed by atoms with E-state index in [9.17, 15) is 0 Å². The molecule has 0 bridgehead atoms. The molecule has 4 atom stereocenters. The van der Waals surface area contributed by atoms with E-state index in [2.05, 4.69) is 60.4 Å². The lowest BCUT2D eigenvalue weighted by Gasteiger charge is -2.36. The van der Waals surface area contributed by atoms with Crippen LogP contribution in [0, 0.1) is 0 Å². The Labute approximate surface area is 107 Å². The van der Waals surface area contributed by atoms with Crippen LogP contribution in [0.1, 0.15) is 41.3 Å². The maximum atomic E-state index is 2.71. The van der Waals surface area contributed by atoms with E-state index >= 15 is 0 Å². The molecule has 88 valence electrons. The molecule has 0 spiro atoms. The average molecular weight is 233 g/mol. The second-order valence-electron chi connectivity index (χ2n) is 6.03. The number of nitrogens with zero attached hydrogens (tertiary/aromatic N) is 1. The van der Waals surface area contributed by atoms with Gasteiger partial charge in [0.1, 0.15) is 0 Å². The standard InChI is InChI=1S/C17H15N/c1-17-10-11-6-2-3-7-12(11)15-16(18(15)17)13-8-4-5-9-14(13)17/h2-9,15-16H,10H2,1H3/t15-,16+,17+,18?/m1/s1. The fourth-order valence-corrected chi connectivity index (χ4v) is 4.41. The third-order valence-corrected chi connectivity index (χ3v) is 5.15. The molecule has 1 saturated heterocycles. The number of hydrogen-bond donors (Lipinski definition) is 0. The summed E-state index contributed by atoms with van der Waals surface area (Å²) in [5.74, 6) is 0. The SMILES string of the molecule is C[C@]12Cc3ccccc3[C@@H]3[C@H](c4ccccc41)N32. The van der Waals surface area contributed by atoms with E-state index in [1.165, 1.54) is 0 Å². The van der Waals surface area contributed by atoms with E-state index in [1.54, 1.807) is 22.3 Å². The lowest BCUT2D eigenvalue weighted by molar-refractivity contribution is 0.227. The highest BCUT2D eigenvalue weighted by atomic mass is 15.4. The first-order valence-electron chi connectivity index (χ1n) is 6.76. The van der Waals surface area contributed by atoms with Crippen molar-refractivity contribution in [3.8, 4) is 0 Å². The predicted octanol–water partition coefficient (Wildman–Crippen LogP) is 3.57. The summed E-state index contributed by atoms with van der Waals surface area (Å²) in [6.07, 6.45) is 1.16. The first-order valence-corrected chi connectivity index (χ1v) is 6.76. The highest BCUT2D eigenvalue weighted by molar-refractivity contribution is 5.55. The first-order chi connectivity index (χ1) is 8.81. The number of hydrogen-bond acceptors (Lipinski definition) is 1. The Kier molecular flexibility index (Phi) is 1.40. The van der Waals surface area contributed by atoms with Gasteiger partial charge in [0.15, 0.2) is 0 Å². The van der Waals surface area contributed by atoms with E-state index < -0.39 is 0 Å². The summed E-state index contributed by atoms with van der Waals surface area (Å²) in [6.45, 7) is 2.42. The van der Waals surface area contributed by atoms with Gasteiger partial charge >= 0.3 is 0 Å².